The number of hydrogen-bond donors (Lipinski definition) is 0. The van der Waals surface area contributed by atoms with Crippen LogP contribution in [0.4, 0.5) is 0 Å². The first kappa shape index (κ1) is 13.9. The van der Waals surface area contributed by atoms with E-state index in [0.717, 1.165) is 13.0 Å². The fourth-order valence-electron chi connectivity index (χ4n) is 2.79. The zero-order valence-corrected chi connectivity index (χ0v) is 12.0. The molecule has 0 radical (unpaired) electrons. The maximum absolute atomic E-state index is 6.62. The third kappa shape index (κ3) is 3.73. The molecule has 0 heterocycles. The zero-order valence-electron chi connectivity index (χ0n) is 11.2. The van der Waals surface area contributed by atoms with E-state index in [1.54, 1.807) is 7.11 Å². The van der Waals surface area contributed by atoms with Crippen LogP contribution in [-0.2, 0) is 11.2 Å². The first-order chi connectivity index (χ1) is 8.81. The average molecular weight is 267 g/mol. The summed E-state index contributed by atoms with van der Waals surface area (Å²) >= 11 is 6.62. The number of methoxy groups -OCH3 is 1. The van der Waals surface area contributed by atoms with Crippen molar-refractivity contribution in [3.63, 3.8) is 0 Å². The van der Waals surface area contributed by atoms with Gasteiger partial charge in [0.25, 0.3) is 0 Å². The molecular formula is C16H23ClO. The summed E-state index contributed by atoms with van der Waals surface area (Å²) in [4.78, 5) is 0. The molecule has 1 aliphatic carbocycles. The van der Waals surface area contributed by atoms with Crippen LogP contribution in [0.3, 0.4) is 0 Å². The second-order valence-electron chi connectivity index (χ2n) is 5.28. The molecule has 1 unspecified atom stereocenters. The molecule has 1 nitrogen and oxygen atoms in total. The van der Waals surface area contributed by atoms with Crippen LogP contribution >= 0.6 is 11.6 Å². The van der Waals surface area contributed by atoms with Crippen molar-refractivity contribution in [2.45, 2.75) is 43.9 Å². The van der Waals surface area contributed by atoms with Crippen LogP contribution in [0.2, 0.25) is 0 Å². The van der Waals surface area contributed by atoms with Gasteiger partial charge >= 0.3 is 0 Å². The molecule has 2 heteroatoms. The molecule has 0 N–H and O–H groups in total. The molecule has 2 rings (SSSR count). The van der Waals surface area contributed by atoms with Crippen LogP contribution in [0.5, 0.6) is 0 Å². The number of alkyl halides is 1. The molecule has 1 aliphatic rings. The molecule has 1 saturated carbocycles. The van der Waals surface area contributed by atoms with Gasteiger partial charge < -0.3 is 4.74 Å². The van der Waals surface area contributed by atoms with Crippen LogP contribution in [-0.4, -0.2) is 13.7 Å². The Balaban J connectivity index is 1.95. The third-order valence-corrected chi connectivity index (χ3v) is 4.57. The van der Waals surface area contributed by atoms with E-state index in [0.29, 0.717) is 5.92 Å². The number of halogens is 1. The van der Waals surface area contributed by atoms with Gasteiger partial charge in [0.05, 0.1) is 12.0 Å². The fraction of sp³-hybridized carbons (Fsp3) is 0.625. The van der Waals surface area contributed by atoms with Crippen molar-refractivity contribution >= 4 is 11.6 Å². The Bertz CT molecular complexity index is 341. The Hall–Kier alpha value is -0.530. The number of benzene rings is 1. The molecule has 1 aromatic carbocycles. The largest absolute Gasteiger partial charge is 0.384 e. The molecule has 0 aliphatic heterocycles. The molecule has 0 spiro atoms. The molecule has 0 bridgehead atoms. The second kappa shape index (κ2) is 7.16. The van der Waals surface area contributed by atoms with Gasteiger partial charge in [-0.2, -0.15) is 0 Å². The first-order valence-electron chi connectivity index (χ1n) is 7.03. The predicted molar refractivity (Wildman–Crippen MR) is 77.2 cm³/mol. The minimum atomic E-state index is 0.196. The molecular weight excluding hydrogens is 244 g/mol. The number of hydrogen-bond acceptors (Lipinski definition) is 1. The van der Waals surface area contributed by atoms with Crippen LogP contribution in [0, 0.1) is 5.92 Å². The molecule has 100 valence electrons. The third-order valence-electron chi connectivity index (χ3n) is 3.96. The maximum atomic E-state index is 6.62. The van der Waals surface area contributed by atoms with Crippen molar-refractivity contribution in [3.05, 3.63) is 35.4 Å². The van der Waals surface area contributed by atoms with Crippen molar-refractivity contribution in [2.24, 2.45) is 5.92 Å². The highest BCUT2D eigenvalue weighted by molar-refractivity contribution is 6.21. The lowest BCUT2D eigenvalue weighted by Gasteiger charge is -2.26. The van der Waals surface area contributed by atoms with Crippen molar-refractivity contribution in [1.82, 2.24) is 0 Å². The highest BCUT2D eigenvalue weighted by Gasteiger charge is 2.22. The second-order valence-corrected chi connectivity index (χ2v) is 5.75. The number of rotatable bonds is 5. The van der Waals surface area contributed by atoms with Gasteiger partial charge in [-0.15, -0.1) is 11.6 Å². The predicted octanol–water partition coefficient (Wildman–Crippen LogP) is 4.74. The van der Waals surface area contributed by atoms with Crippen molar-refractivity contribution in [1.29, 1.82) is 0 Å². The lowest BCUT2D eigenvalue weighted by atomic mass is 9.84. The summed E-state index contributed by atoms with van der Waals surface area (Å²) in [6.45, 7) is 0.784. The summed E-state index contributed by atoms with van der Waals surface area (Å²) in [5, 5.41) is 0.196. The van der Waals surface area contributed by atoms with Crippen molar-refractivity contribution < 1.29 is 4.74 Å². The Morgan fingerprint density at radius 3 is 2.44 bits per heavy atom. The Morgan fingerprint density at radius 2 is 1.83 bits per heavy atom. The smallest absolute Gasteiger partial charge is 0.0613 e. The van der Waals surface area contributed by atoms with E-state index in [-0.39, 0.29) is 5.38 Å². The lowest BCUT2D eigenvalue weighted by molar-refractivity contribution is 0.202. The van der Waals surface area contributed by atoms with E-state index in [4.69, 9.17) is 16.3 Å². The average Bonchev–Trinajstić information content (AvgIpc) is 2.46. The van der Waals surface area contributed by atoms with E-state index >= 15 is 0 Å². The molecule has 0 amide bonds. The summed E-state index contributed by atoms with van der Waals surface area (Å²) in [7, 11) is 1.74. The Labute approximate surface area is 115 Å². The highest BCUT2D eigenvalue weighted by Crippen LogP contribution is 2.38. The molecule has 0 aromatic heterocycles. The SMILES string of the molecule is COCCc1ccc(C(Cl)C2CCCCC2)cc1. The summed E-state index contributed by atoms with van der Waals surface area (Å²) in [5.74, 6) is 0.672. The van der Waals surface area contributed by atoms with Crippen LogP contribution < -0.4 is 0 Å². The lowest BCUT2D eigenvalue weighted by Crippen LogP contribution is -2.12. The van der Waals surface area contributed by atoms with Gasteiger partial charge in [-0.3, -0.25) is 0 Å². The summed E-state index contributed by atoms with van der Waals surface area (Å²) in [6, 6.07) is 8.76. The van der Waals surface area contributed by atoms with E-state index in [1.165, 1.54) is 43.2 Å². The topological polar surface area (TPSA) is 9.23 Å². The van der Waals surface area contributed by atoms with Crippen LogP contribution in [0.25, 0.3) is 0 Å². The zero-order chi connectivity index (χ0) is 12.8. The Kier molecular flexibility index (Phi) is 5.52. The van der Waals surface area contributed by atoms with E-state index in [1.807, 2.05) is 0 Å². The summed E-state index contributed by atoms with van der Waals surface area (Å²) in [6.07, 6.45) is 7.64. The van der Waals surface area contributed by atoms with E-state index < -0.39 is 0 Å². The summed E-state index contributed by atoms with van der Waals surface area (Å²) in [5.41, 5.74) is 2.61. The quantitative estimate of drug-likeness (QED) is 0.700. The fourth-order valence-corrected chi connectivity index (χ4v) is 3.18. The maximum Gasteiger partial charge on any atom is 0.0613 e. The highest BCUT2D eigenvalue weighted by atomic mass is 35.5. The van der Waals surface area contributed by atoms with Gasteiger partial charge in [-0.25, -0.2) is 0 Å². The summed E-state index contributed by atoms with van der Waals surface area (Å²) < 4.78 is 5.09. The minimum Gasteiger partial charge on any atom is -0.384 e. The monoisotopic (exact) mass is 266 g/mol. The van der Waals surface area contributed by atoms with Crippen molar-refractivity contribution in [2.75, 3.05) is 13.7 Å². The van der Waals surface area contributed by atoms with Gasteiger partial charge in [0, 0.05) is 7.11 Å². The normalized spacial score (nSPS) is 18.8. The molecule has 0 saturated heterocycles. The van der Waals surface area contributed by atoms with Gasteiger partial charge in [-0.05, 0) is 36.3 Å². The minimum absolute atomic E-state index is 0.196. The van der Waals surface area contributed by atoms with Crippen LogP contribution in [0.1, 0.15) is 48.6 Å². The molecule has 1 fully saturated rings. The Morgan fingerprint density at radius 1 is 1.17 bits per heavy atom. The standard InChI is InChI=1S/C16H23ClO/c1-18-12-11-13-7-9-15(10-8-13)16(17)14-5-3-2-4-6-14/h7-10,14,16H,2-6,11-12H2,1H3. The number of ether oxygens (including phenoxy) is 1. The molecule has 18 heavy (non-hydrogen) atoms. The van der Waals surface area contributed by atoms with Gasteiger partial charge in [0.1, 0.15) is 0 Å². The van der Waals surface area contributed by atoms with Crippen LogP contribution in [0.15, 0.2) is 24.3 Å². The molecule has 1 aromatic rings. The van der Waals surface area contributed by atoms with Crippen molar-refractivity contribution in [3.8, 4) is 0 Å². The van der Waals surface area contributed by atoms with E-state index in [9.17, 15) is 0 Å². The van der Waals surface area contributed by atoms with Gasteiger partial charge in [0.2, 0.25) is 0 Å². The molecule has 1 atom stereocenters. The van der Waals surface area contributed by atoms with Gasteiger partial charge in [0.15, 0.2) is 0 Å². The first-order valence-corrected chi connectivity index (χ1v) is 7.47. The van der Waals surface area contributed by atoms with E-state index in [2.05, 4.69) is 24.3 Å². The van der Waals surface area contributed by atoms with Gasteiger partial charge in [-0.1, -0.05) is 43.5 Å².